The summed E-state index contributed by atoms with van der Waals surface area (Å²) in [6.07, 6.45) is 1.93. The quantitative estimate of drug-likeness (QED) is 0.616. The molecule has 0 spiro atoms. The third-order valence-corrected chi connectivity index (χ3v) is 3.46. The minimum atomic E-state index is 0.561. The third kappa shape index (κ3) is 1.07. The Balaban J connectivity index is 2.68. The van der Waals surface area contributed by atoms with Crippen molar-refractivity contribution < 1.29 is 0 Å². The summed E-state index contributed by atoms with van der Waals surface area (Å²) in [6.45, 7) is 12.6. The summed E-state index contributed by atoms with van der Waals surface area (Å²) in [5.41, 5.74) is 5.26. The molecule has 0 saturated heterocycles. The largest absolute Gasteiger partial charge is 0.0984 e. The summed E-state index contributed by atoms with van der Waals surface area (Å²) in [4.78, 5) is 0. The number of rotatable bonds is 1. The van der Waals surface area contributed by atoms with E-state index in [2.05, 4.69) is 45.2 Å². The fraction of sp³-hybridized carbons (Fsp3) is 0.286. The highest BCUT2D eigenvalue weighted by molar-refractivity contribution is 5.80. The normalized spacial score (nSPS) is 24.9. The van der Waals surface area contributed by atoms with Crippen molar-refractivity contribution in [3.8, 4) is 0 Å². The Morgan fingerprint density at radius 2 is 1.93 bits per heavy atom. The highest BCUT2D eigenvalue weighted by Gasteiger charge is 2.29. The van der Waals surface area contributed by atoms with Crippen LogP contribution in [0.4, 0.5) is 0 Å². The monoisotopic (exact) mass is 184 g/mol. The summed E-state index contributed by atoms with van der Waals surface area (Å²) in [5, 5.41) is 0. The molecule has 0 bridgehead atoms. The molecular weight excluding hydrogens is 168 g/mol. The van der Waals surface area contributed by atoms with Crippen LogP contribution in [-0.4, -0.2) is 0 Å². The van der Waals surface area contributed by atoms with Crippen molar-refractivity contribution in [3.63, 3.8) is 0 Å². The molecule has 0 nitrogen and oxygen atoms in total. The molecular formula is C14H16. The van der Waals surface area contributed by atoms with Crippen LogP contribution >= 0.6 is 0 Å². The molecule has 1 aliphatic rings. The van der Waals surface area contributed by atoms with Crippen molar-refractivity contribution in [2.24, 2.45) is 5.92 Å². The number of allylic oxidation sites excluding steroid dienone is 1. The highest BCUT2D eigenvalue weighted by atomic mass is 14.3. The molecule has 0 aliphatic heterocycles. The zero-order valence-corrected chi connectivity index (χ0v) is 8.88. The molecule has 1 aliphatic carbocycles. The minimum Gasteiger partial charge on any atom is -0.0984 e. The lowest BCUT2D eigenvalue weighted by Crippen LogP contribution is -1.96. The topological polar surface area (TPSA) is 0 Å². The second-order valence-electron chi connectivity index (χ2n) is 4.12. The standard InChI is InChI=1S/C14H16/c1-5-12-7-6-8-13-10(3)9(2)11(4)14(12)13/h5-10H,1,4H2,2-3H3. The lowest BCUT2D eigenvalue weighted by atomic mass is 9.95. The lowest BCUT2D eigenvalue weighted by molar-refractivity contribution is 0.637. The first-order valence-electron chi connectivity index (χ1n) is 5.11. The molecule has 0 heterocycles. The van der Waals surface area contributed by atoms with Gasteiger partial charge in [0.25, 0.3) is 0 Å². The molecule has 72 valence electrons. The maximum atomic E-state index is 4.19. The summed E-state index contributed by atoms with van der Waals surface area (Å²) >= 11 is 0. The van der Waals surface area contributed by atoms with Gasteiger partial charge in [0.05, 0.1) is 0 Å². The molecule has 1 aromatic carbocycles. The molecule has 2 unspecified atom stereocenters. The first-order valence-corrected chi connectivity index (χ1v) is 5.11. The number of hydrogen-bond donors (Lipinski definition) is 0. The number of fused-ring (bicyclic) bond motifs is 1. The minimum absolute atomic E-state index is 0.561. The van der Waals surface area contributed by atoms with Crippen LogP contribution in [0.25, 0.3) is 11.6 Å². The van der Waals surface area contributed by atoms with Gasteiger partial charge in [-0.15, -0.1) is 0 Å². The van der Waals surface area contributed by atoms with Crippen molar-refractivity contribution in [1.82, 2.24) is 0 Å². The third-order valence-electron chi connectivity index (χ3n) is 3.46. The van der Waals surface area contributed by atoms with Gasteiger partial charge in [-0.05, 0) is 34.1 Å². The molecule has 0 fully saturated rings. The molecule has 0 N–H and O–H groups in total. The Bertz CT molecular complexity index is 398. The van der Waals surface area contributed by atoms with Crippen LogP contribution in [0.2, 0.25) is 0 Å². The van der Waals surface area contributed by atoms with E-state index in [1.165, 1.54) is 22.3 Å². The van der Waals surface area contributed by atoms with Crippen molar-refractivity contribution in [1.29, 1.82) is 0 Å². The van der Waals surface area contributed by atoms with E-state index in [-0.39, 0.29) is 0 Å². The van der Waals surface area contributed by atoms with Crippen molar-refractivity contribution in [2.75, 3.05) is 0 Å². The predicted octanol–water partition coefficient (Wildman–Crippen LogP) is 4.10. The average Bonchev–Trinajstić information content (AvgIpc) is 2.44. The van der Waals surface area contributed by atoms with Crippen LogP contribution in [0.5, 0.6) is 0 Å². The molecule has 0 heteroatoms. The number of benzene rings is 1. The van der Waals surface area contributed by atoms with Gasteiger partial charge in [0.15, 0.2) is 0 Å². The van der Waals surface area contributed by atoms with Crippen LogP contribution < -0.4 is 0 Å². The predicted molar refractivity (Wildman–Crippen MR) is 63.1 cm³/mol. The molecule has 0 amide bonds. The highest BCUT2D eigenvalue weighted by Crippen LogP contribution is 2.46. The van der Waals surface area contributed by atoms with Crippen molar-refractivity contribution in [3.05, 3.63) is 48.0 Å². The van der Waals surface area contributed by atoms with Gasteiger partial charge in [0.2, 0.25) is 0 Å². The zero-order valence-electron chi connectivity index (χ0n) is 8.88. The smallest absolute Gasteiger partial charge is 0.0118 e. The molecule has 0 radical (unpaired) electrons. The molecule has 1 aromatic rings. The van der Waals surface area contributed by atoms with Crippen LogP contribution in [-0.2, 0) is 0 Å². The van der Waals surface area contributed by atoms with E-state index in [1.54, 1.807) is 0 Å². The Labute approximate surface area is 86.0 Å². The number of hydrogen-bond acceptors (Lipinski definition) is 0. The molecule has 14 heavy (non-hydrogen) atoms. The van der Waals surface area contributed by atoms with E-state index >= 15 is 0 Å². The van der Waals surface area contributed by atoms with Gasteiger partial charge in [0.1, 0.15) is 0 Å². The molecule has 2 atom stereocenters. The average molecular weight is 184 g/mol. The zero-order chi connectivity index (χ0) is 10.3. The Hall–Kier alpha value is -1.30. The fourth-order valence-corrected chi connectivity index (χ4v) is 2.31. The Morgan fingerprint density at radius 1 is 1.21 bits per heavy atom. The van der Waals surface area contributed by atoms with Gasteiger partial charge >= 0.3 is 0 Å². The molecule has 2 rings (SSSR count). The van der Waals surface area contributed by atoms with Crippen molar-refractivity contribution >= 4 is 11.6 Å². The van der Waals surface area contributed by atoms with Crippen LogP contribution in [0, 0.1) is 5.92 Å². The molecule has 0 aromatic heterocycles. The first-order chi connectivity index (χ1) is 6.66. The van der Waals surface area contributed by atoms with Gasteiger partial charge < -0.3 is 0 Å². The van der Waals surface area contributed by atoms with Crippen LogP contribution in [0.15, 0.2) is 31.4 Å². The first kappa shape index (κ1) is 9.26. The summed E-state index contributed by atoms with van der Waals surface area (Å²) < 4.78 is 0. The second kappa shape index (κ2) is 3.13. The van der Waals surface area contributed by atoms with Gasteiger partial charge in [-0.1, -0.05) is 51.3 Å². The lowest BCUT2D eigenvalue weighted by Gasteiger charge is -2.09. The second-order valence-corrected chi connectivity index (χ2v) is 4.12. The van der Waals surface area contributed by atoms with E-state index in [0.717, 1.165) is 0 Å². The van der Waals surface area contributed by atoms with Crippen LogP contribution in [0.3, 0.4) is 0 Å². The molecule has 0 saturated carbocycles. The van der Waals surface area contributed by atoms with Crippen LogP contribution in [0.1, 0.15) is 36.5 Å². The summed E-state index contributed by atoms with van der Waals surface area (Å²) in [5.74, 6) is 1.16. The maximum Gasteiger partial charge on any atom is -0.0118 e. The van der Waals surface area contributed by atoms with Crippen molar-refractivity contribution in [2.45, 2.75) is 19.8 Å². The van der Waals surface area contributed by atoms with Gasteiger partial charge in [-0.2, -0.15) is 0 Å². The fourth-order valence-electron chi connectivity index (χ4n) is 2.31. The van der Waals surface area contributed by atoms with E-state index in [0.29, 0.717) is 11.8 Å². The van der Waals surface area contributed by atoms with E-state index in [1.807, 2.05) is 6.08 Å². The Kier molecular flexibility index (Phi) is 2.07. The maximum absolute atomic E-state index is 4.19. The Morgan fingerprint density at radius 3 is 2.57 bits per heavy atom. The SMILES string of the molecule is C=Cc1cccc2c1C(=C)C(C)C2C. The van der Waals surface area contributed by atoms with Gasteiger partial charge in [-0.25, -0.2) is 0 Å². The van der Waals surface area contributed by atoms with E-state index in [9.17, 15) is 0 Å². The summed E-state index contributed by atoms with van der Waals surface area (Å²) in [7, 11) is 0. The summed E-state index contributed by atoms with van der Waals surface area (Å²) in [6, 6.07) is 6.43. The van der Waals surface area contributed by atoms with Gasteiger partial charge in [0, 0.05) is 0 Å². The van der Waals surface area contributed by atoms with E-state index < -0.39 is 0 Å². The van der Waals surface area contributed by atoms with Gasteiger partial charge in [-0.3, -0.25) is 0 Å². The van der Waals surface area contributed by atoms with E-state index in [4.69, 9.17) is 0 Å².